The van der Waals surface area contributed by atoms with Crippen molar-refractivity contribution in [2.45, 2.75) is 0 Å². The molecule has 0 radical (unpaired) electrons. The molecule has 3 N–H and O–H groups in total. The molecule has 1 rings (SSSR count). The molecule has 0 saturated heterocycles. The number of nitrogen functional groups attached to an aromatic ring is 1. The van der Waals surface area contributed by atoms with E-state index in [1.54, 1.807) is 24.3 Å². The van der Waals surface area contributed by atoms with Crippen LogP contribution in [0.1, 0.15) is 5.56 Å². The average Bonchev–Trinajstić information content (AvgIpc) is 1.88. The fourth-order valence-corrected chi connectivity index (χ4v) is 0.706. The Morgan fingerprint density at radius 2 is 2.30 bits per heavy atom. The van der Waals surface area contributed by atoms with Gasteiger partial charge in [0.25, 0.3) is 0 Å². The van der Waals surface area contributed by atoms with Gasteiger partial charge in [0.1, 0.15) is 0 Å². The van der Waals surface area contributed by atoms with Gasteiger partial charge in [0.05, 0.1) is 6.21 Å². The van der Waals surface area contributed by atoms with Crippen LogP contribution in [0.4, 0.5) is 5.69 Å². The van der Waals surface area contributed by atoms with E-state index in [1.807, 2.05) is 0 Å². The van der Waals surface area contributed by atoms with Crippen LogP contribution in [-0.4, -0.2) is 11.4 Å². The van der Waals surface area contributed by atoms with Crippen LogP contribution in [0.3, 0.4) is 0 Å². The zero-order chi connectivity index (χ0) is 7.40. The maximum Gasteiger partial charge on any atom is 0.0734 e. The highest BCUT2D eigenvalue weighted by Gasteiger charge is 1.86. The summed E-state index contributed by atoms with van der Waals surface area (Å²) < 4.78 is 0. The lowest BCUT2D eigenvalue weighted by Gasteiger charge is -1.92. The van der Waals surface area contributed by atoms with Gasteiger partial charge in [0.2, 0.25) is 0 Å². The second-order valence-electron chi connectivity index (χ2n) is 1.91. The van der Waals surface area contributed by atoms with Gasteiger partial charge in [0, 0.05) is 5.69 Å². The highest BCUT2D eigenvalue weighted by Crippen LogP contribution is 2.03. The summed E-state index contributed by atoms with van der Waals surface area (Å²) >= 11 is 0. The molecule has 0 aliphatic rings. The van der Waals surface area contributed by atoms with E-state index < -0.39 is 0 Å². The third-order valence-corrected chi connectivity index (χ3v) is 1.12. The Labute approximate surface area is 58.8 Å². The van der Waals surface area contributed by atoms with Crippen molar-refractivity contribution in [1.29, 1.82) is 0 Å². The van der Waals surface area contributed by atoms with Crippen molar-refractivity contribution < 1.29 is 5.21 Å². The fraction of sp³-hybridized carbons (Fsp3) is 0. The van der Waals surface area contributed by atoms with Crippen LogP contribution in [0.2, 0.25) is 0 Å². The number of rotatable bonds is 1. The van der Waals surface area contributed by atoms with Crippen molar-refractivity contribution in [3.63, 3.8) is 0 Å². The van der Waals surface area contributed by atoms with E-state index in [4.69, 9.17) is 10.9 Å². The van der Waals surface area contributed by atoms with E-state index >= 15 is 0 Å². The van der Waals surface area contributed by atoms with Crippen molar-refractivity contribution in [2.24, 2.45) is 5.16 Å². The van der Waals surface area contributed by atoms with Gasteiger partial charge in [0.15, 0.2) is 0 Å². The van der Waals surface area contributed by atoms with Gasteiger partial charge in [-0.15, -0.1) is 0 Å². The Morgan fingerprint density at radius 1 is 1.50 bits per heavy atom. The van der Waals surface area contributed by atoms with Crippen molar-refractivity contribution in [3.05, 3.63) is 29.8 Å². The number of hydrogen-bond donors (Lipinski definition) is 2. The SMILES string of the molecule is Nc1cccc(/C=N\O)c1. The minimum absolute atomic E-state index is 0.664. The van der Waals surface area contributed by atoms with Crippen molar-refractivity contribution in [3.8, 4) is 0 Å². The van der Waals surface area contributed by atoms with E-state index in [2.05, 4.69) is 5.16 Å². The maximum atomic E-state index is 8.14. The summed E-state index contributed by atoms with van der Waals surface area (Å²) in [6, 6.07) is 7.09. The van der Waals surface area contributed by atoms with Crippen LogP contribution >= 0.6 is 0 Å². The lowest BCUT2D eigenvalue weighted by atomic mass is 10.2. The molecule has 0 aromatic heterocycles. The highest BCUT2D eigenvalue weighted by atomic mass is 16.4. The van der Waals surface area contributed by atoms with E-state index in [1.165, 1.54) is 6.21 Å². The molecule has 3 heteroatoms. The van der Waals surface area contributed by atoms with Crippen molar-refractivity contribution >= 4 is 11.9 Å². The minimum Gasteiger partial charge on any atom is -0.411 e. The summed E-state index contributed by atoms with van der Waals surface area (Å²) in [7, 11) is 0. The Balaban J connectivity index is 2.95. The monoisotopic (exact) mass is 136 g/mol. The van der Waals surface area contributed by atoms with Crippen LogP contribution in [0.5, 0.6) is 0 Å². The van der Waals surface area contributed by atoms with E-state index in [0.29, 0.717) is 5.69 Å². The Bertz CT molecular complexity index is 245. The summed E-state index contributed by atoms with van der Waals surface area (Å²) in [6.45, 7) is 0. The van der Waals surface area contributed by atoms with E-state index in [0.717, 1.165) is 5.56 Å². The second-order valence-corrected chi connectivity index (χ2v) is 1.91. The smallest absolute Gasteiger partial charge is 0.0734 e. The molecule has 0 saturated carbocycles. The zero-order valence-corrected chi connectivity index (χ0v) is 5.36. The predicted molar refractivity (Wildman–Crippen MR) is 40.2 cm³/mol. The van der Waals surface area contributed by atoms with E-state index in [9.17, 15) is 0 Å². The van der Waals surface area contributed by atoms with Gasteiger partial charge < -0.3 is 10.9 Å². The number of hydrogen-bond acceptors (Lipinski definition) is 3. The first-order valence-corrected chi connectivity index (χ1v) is 2.86. The molecule has 0 spiro atoms. The molecule has 10 heavy (non-hydrogen) atoms. The predicted octanol–water partition coefficient (Wildman–Crippen LogP) is 1.08. The first-order chi connectivity index (χ1) is 4.83. The molecule has 0 unspecified atom stereocenters. The Hall–Kier alpha value is -1.51. The number of nitrogens with zero attached hydrogens (tertiary/aromatic N) is 1. The molecule has 0 bridgehead atoms. The molecule has 0 aliphatic heterocycles. The van der Waals surface area contributed by atoms with Gasteiger partial charge in [-0.25, -0.2) is 0 Å². The van der Waals surface area contributed by atoms with Crippen LogP contribution in [0.15, 0.2) is 29.4 Å². The van der Waals surface area contributed by atoms with Gasteiger partial charge in [-0.2, -0.15) is 0 Å². The first kappa shape index (κ1) is 6.61. The molecule has 0 aliphatic carbocycles. The Kier molecular flexibility index (Phi) is 1.89. The number of oxime groups is 1. The topological polar surface area (TPSA) is 58.6 Å². The summed E-state index contributed by atoms with van der Waals surface area (Å²) in [5.41, 5.74) is 6.90. The minimum atomic E-state index is 0.664. The quantitative estimate of drug-likeness (QED) is 0.262. The number of anilines is 1. The van der Waals surface area contributed by atoms with Gasteiger partial charge in [-0.1, -0.05) is 17.3 Å². The largest absolute Gasteiger partial charge is 0.411 e. The zero-order valence-electron chi connectivity index (χ0n) is 5.36. The summed E-state index contributed by atoms with van der Waals surface area (Å²) in [6.07, 6.45) is 1.33. The molecule has 3 nitrogen and oxygen atoms in total. The molecule has 1 aromatic carbocycles. The van der Waals surface area contributed by atoms with Crippen molar-refractivity contribution in [1.82, 2.24) is 0 Å². The van der Waals surface area contributed by atoms with Crippen LogP contribution in [0.25, 0.3) is 0 Å². The number of nitrogens with two attached hydrogens (primary N) is 1. The standard InChI is InChI=1S/C7H8N2O/c8-7-3-1-2-6(4-7)5-9-10/h1-5,10H,8H2/b9-5-. The fourth-order valence-electron chi connectivity index (χ4n) is 0.706. The van der Waals surface area contributed by atoms with Crippen molar-refractivity contribution in [2.75, 3.05) is 5.73 Å². The lowest BCUT2D eigenvalue weighted by molar-refractivity contribution is 0.322. The van der Waals surface area contributed by atoms with Gasteiger partial charge >= 0.3 is 0 Å². The third-order valence-electron chi connectivity index (χ3n) is 1.12. The van der Waals surface area contributed by atoms with Crippen LogP contribution in [0, 0.1) is 0 Å². The van der Waals surface area contributed by atoms with Crippen LogP contribution < -0.4 is 5.73 Å². The molecule has 0 fully saturated rings. The first-order valence-electron chi connectivity index (χ1n) is 2.86. The summed E-state index contributed by atoms with van der Waals surface area (Å²) in [5.74, 6) is 0. The molecule has 52 valence electrons. The normalized spacial score (nSPS) is 10.4. The molecule has 1 aromatic rings. The molecule has 0 atom stereocenters. The van der Waals surface area contributed by atoms with Gasteiger partial charge in [-0.3, -0.25) is 0 Å². The Morgan fingerprint density at radius 3 is 2.90 bits per heavy atom. The lowest BCUT2D eigenvalue weighted by Crippen LogP contribution is -1.86. The molecule has 0 amide bonds. The summed E-state index contributed by atoms with van der Waals surface area (Å²) in [4.78, 5) is 0. The molecule has 0 heterocycles. The maximum absolute atomic E-state index is 8.14. The summed E-state index contributed by atoms with van der Waals surface area (Å²) in [5, 5.41) is 11.0. The highest BCUT2D eigenvalue weighted by molar-refractivity contribution is 5.80. The van der Waals surface area contributed by atoms with E-state index in [-0.39, 0.29) is 0 Å². The van der Waals surface area contributed by atoms with Crippen LogP contribution in [-0.2, 0) is 0 Å². The average molecular weight is 136 g/mol. The third kappa shape index (κ3) is 1.48. The van der Waals surface area contributed by atoms with Gasteiger partial charge in [-0.05, 0) is 17.7 Å². The molecular weight excluding hydrogens is 128 g/mol. The number of benzene rings is 1. The second kappa shape index (κ2) is 2.87. The molecular formula is C7H8N2O.